The van der Waals surface area contributed by atoms with Crippen LogP contribution in [0, 0.1) is 20.8 Å². The zero-order valence-corrected chi connectivity index (χ0v) is 14.2. The number of fused-ring (bicyclic) bond motifs is 1. The maximum Gasteiger partial charge on any atom is 0.262 e. The number of hydrogen-bond donors (Lipinski definition) is 1. The minimum absolute atomic E-state index is 0.00241. The fourth-order valence-electron chi connectivity index (χ4n) is 3.00. The van der Waals surface area contributed by atoms with E-state index in [9.17, 15) is 4.79 Å². The Morgan fingerprint density at radius 2 is 1.58 bits per heavy atom. The number of nitrogens with one attached hydrogen (secondary N) is 1. The summed E-state index contributed by atoms with van der Waals surface area (Å²) in [5, 5.41) is 5.14. The van der Waals surface area contributed by atoms with Crippen molar-refractivity contribution in [1.82, 2.24) is 0 Å². The molecule has 122 valence electrons. The lowest BCUT2D eigenvalue weighted by Gasteiger charge is -2.13. The first-order chi connectivity index (χ1) is 11.5. The smallest absolute Gasteiger partial charge is 0.262 e. The minimum atomic E-state index is -0.162. The summed E-state index contributed by atoms with van der Waals surface area (Å²) in [6.45, 7) is 6.04. The van der Waals surface area contributed by atoms with Crippen molar-refractivity contribution >= 4 is 22.4 Å². The Morgan fingerprint density at radius 1 is 0.917 bits per heavy atom. The van der Waals surface area contributed by atoms with Crippen molar-refractivity contribution in [2.24, 2.45) is 0 Å². The van der Waals surface area contributed by atoms with Gasteiger partial charge in [0.05, 0.1) is 0 Å². The Labute approximate surface area is 142 Å². The van der Waals surface area contributed by atoms with Gasteiger partial charge in [-0.05, 0) is 54.8 Å². The van der Waals surface area contributed by atoms with E-state index in [4.69, 9.17) is 4.74 Å². The van der Waals surface area contributed by atoms with Crippen molar-refractivity contribution in [3.8, 4) is 5.75 Å². The van der Waals surface area contributed by atoms with E-state index in [2.05, 4.69) is 24.4 Å². The summed E-state index contributed by atoms with van der Waals surface area (Å²) in [4.78, 5) is 12.2. The summed E-state index contributed by atoms with van der Waals surface area (Å²) >= 11 is 0. The molecule has 3 heteroatoms. The second-order valence-corrected chi connectivity index (χ2v) is 6.13. The van der Waals surface area contributed by atoms with Gasteiger partial charge in [0.2, 0.25) is 0 Å². The molecule has 1 N–H and O–H groups in total. The lowest BCUT2D eigenvalue weighted by molar-refractivity contribution is -0.118. The molecule has 0 spiro atoms. The molecule has 3 aromatic rings. The number of amides is 1. The Balaban J connectivity index is 1.67. The van der Waals surface area contributed by atoms with Crippen molar-refractivity contribution in [3.05, 3.63) is 71.3 Å². The Bertz CT molecular complexity index is 876. The van der Waals surface area contributed by atoms with Gasteiger partial charge in [0.15, 0.2) is 6.61 Å². The average molecular weight is 319 g/mol. The first kappa shape index (κ1) is 16.1. The predicted molar refractivity (Wildman–Crippen MR) is 98.7 cm³/mol. The van der Waals surface area contributed by atoms with Crippen LogP contribution in [0.2, 0.25) is 0 Å². The molecule has 0 aliphatic rings. The zero-order valence-electron chi connectivity index (χ0n) is 14.2. The number of ether oxygens (including phenoxy) is 1. The number of carbonyl (C=O) groups is 1. The van der Waals surface area contributed by atoms with E-state index in [0.717, 1.165) is 33.3 Å². The van der Waals surface area contributed by atoms with Crippen LogP contribution in [-0.4, -0.2) is 12.5 Å². The van der Waals surface area contributed by atoms with Crippen LogP contribution in [-0.2, 0) is 4.79 Å². The number of carbonyl (C=O) groups excluding carboxylic acids is 1. The SMILES string of the molecule is Cc1cc(C)c(OCC(=O)Nc2ccc3ccccc3c2)c(C)c1. The predicted octanol–water partition coefficient (Wildman–Crippen LogP) is 4.78. The molecule has 0 aliphatic carbocycles. The molecular formula is C21H21NO2. The van der Waals surface area contributed by atoms with Gasteiger partial charge in [-0.2, -0.15) is 0 Å². The van der Waals surface area contributed by atoms with Crippen molar-refractivity contribution < 1.29 is 9.53 Å². The van der Waals surface area contributed by atoms with Gasteiger partial charge < -0.3 is 10.1 Å². The first-order valence-corrected chi connectivity index (χ1v) is 8.02. The van der Waals surface area contributed by atoms with Crippen LogP contribution < -0.4 is 10.1 Å². The molecule has 0 aromatic heterocycles. The van der Waals surface area contributed by atoms with E-state index in [-0.39, 0.29) is 12.5 Å². The lowest BCUT2D eigenvalue weighted by Crippen LogP contribution is -2.20. The molecule has 0 unspecified atom stereocenters. The number of anilines is 1. The maximum absolute atomic E-state index is 12.2. The minimum Gasteiger partial charge on any atom is -0.483 e. The van der Waals surface area contributed by atoms with E-state index in [1.54, 1.807) is 0 Å². The molecule has 0 bridgehead atoms. The normalized spacial score (nSPS) is 10.6. The van der Waals surface area contributed by atoms with Gasteiger partial charge in [-0.3, -0.25) is 4.79 Å². The maximum atomic E-state index is 12.2. The summed E-state index contributed by atoms with van der Waals surface area (Å²) in [6.07, 6.45) is 0. The highest BCUT2D eigenvalue weighted by Crippen LogP contribution is 2.24. The van der Waals surface area contributed by atoms with Crippen molar-refractivity contribution in [2.75, 3.05) is 11.9 Å². The molecule has 0 atom stereocenters. The molecular weight excluding hydrogens is 298 g/mol. The largest absolute Gasteiger partial charge is 0.483 e. The zero-order chi connectivity index (χ0) is 17.1. The molecule has 3 aromatic carbocycles. The highest BCUT2D eigenvalue weighted by atomic mass is 16.5. The highest BCUT2D eigenvalue weighted by molar-refractivity contribution is 5.95. The monoisotopic (exact) mass is 319 g/mol. The Morgan fingerprint density at radius 3 is 2.29 bits per heavy atom. The quantitative estimate of drug-likeness (QED) is 0.751. The van der Waals surface area contributed by atoms with Crippen LogP contribution in [0.15, 0.2) is 54.6 Å². The van der Waals surface area contributed by atoms with Crippen molar-refractivity contribution in [2.45, 2.75) is 20.8 Å². The van der Waals surface area contributed by atoms with E-state index < -0.39 is 0 Å². The van der Waals surface area contributed by atoms with E-state index in [0.29, 0.717) is 0 Å². The van der Waals surface area contributed by atoms with Crippen LogP contribution in [0.25, 0.3) is 10.8 Å². The van der Waals surface area contributed by atoms with E-state index in [1.807, 2.05) is 56.3 Å². The lowest BCUT2D eigenvalue weighted by atomic mass is 10.1. The highest BCUT2D eigenvalue weighted by Gasteiger charge is 2.09. The van der Waals surface area contributed by atoms with Crippen molar-refractivity contribution in [1.29, 1.82) is 0 Å². The summed E-state index contributed by atoms with van der Waals surface area (Å²) < 4.78 is 5.73. The first-order valence-electron chi connectivity index (χ1n) is 8.02. The summed E-state index contributed by atoms with van der Waals surface area (Å²) in [6, 6.07) is 18.1. The van der Waals surface area contributed by atoms with E-state index >= 15 is 0 Å². The molecule has 0 heterocycles. The molecule has 0 saturated heterocycles. The van der Waals surface area contributed by atoms with Gasteiger partial charge in [-0.25, -0.2) is 0 Å². The second kappa shape index (κ2) is 6.75. The van der Waals surface area contributed by atoms with Gasteiger partial charge >= 0.3 is 0 Å². The molecule has 0 fully saturated rings. The molecule has 24 heavy (non-hydrogen) atoms. The van der Waals surface area contributed by atoms with Gasteiger partial charge in [0.25, 0.3) is 5.91 Å². The number of hydrogen-bond acceptors (Lipinski definition) is 2. The van der Waals surface area contributed by atoms with Crippen LogP contribution in [0.1, 0.15) is 16.7 Å². The van der Waals surface area contributed by atoms with Gasteiger partial charge in [-0.15, -0.1) is 0 Å². The summed E-state index contributed by atoms with van der Waals surface area (Å²) in [5.41, 5.74) is 4.06. The molecule has 1 amide bonds. The van der Waals surface area contributed by atoms with Crippen LogP contribution >= 0.6 is 0 Å². The number of rotatable bonds is 4. The molecule has 3 rings (SSSR count). The Kier molecular flexibility index (Phi) is 4.52. The standard InChI is InChI=1S/C21H21NO2/c1-14-10-15(2)21(16(3)11-14)24-13-20(23)22-19-9-8-17-6-4-5-7-18(17)12-19/h4-12H,13H2,1-3H3,(H,22,23). The molecule has 0 radical (unpaired) electrons. The summed E-state index contributed by atoms with van der Waals surface area (Å²) in [7, 11) is 0. The molecule has 0 saturated carbocycles. The van der Waals surface area contributed by atoms with Crippen LogP contribution in [0.5, 0.6) is 5.75 Å². The third-order valence-electron chi connectivity index (χ3n) is 3.99. The third kappa shape index (κ3) is 3.57. The fourth-order valence-corrected chi connectivity index (χ4v) is 3.00. The number of aryl methyl sites for hydroxylation is 3. The van der Waals surface area contributed by atoms with Crippen LogP contribution in [0.4, 0.5) is 5.69 Å². The van der Waals surface area contributed by atoms with Gasteiger partial charge in [0, 0.05) is 5.69 Å². The molecule has 0 aliphatic heterocycles. The van der Waals surface area contributed by atoms with Gasteiger partial charge in [-0.1, -0.05) is 48.0 Å². The fraction of sp³-hybridized carbons (Fsp3) is 0.190. The van der Waals surface area contributed by atoms with Gasteiger partial charge in [0.1, 0.15) is 5.75 Å². The Hall–Kier alpha value is -2.81. The topological polar surface area (TPSA) is 38.3 Å². The van der Waals surface area contributed by atoms with Crippen molar-refractivity contribution in [3.63, 3.8) is 0 Å². The molecule has 3 nitrogen and oxygen atoms in total. The van der Waals surface area contributed by atoms with E-state index in [1.165, 1.54) is 5.56 Å². The second-order valence-electron chi connectivity index (χ2n) is 6.13. The average Bonchev–Trinajstić information content (AvgIpc) is 2.53. The summed E-state index contributed by atoms with van der Waals surface area (Å²) in [5.74, 6) is 0.624. The van der Waals surface area contributed by atoms with Crippen LogP contribution in [0.3, 0.4) is 0 Å². The third-order valence-corrected chi connectivity index (χ3v) is 3.99. The number of benzene rings is 3.